The van der Waals surface area contributed by atoms with Crippen molar-refractivity contribution < 1.29 is 19.5 Å². The van der Waals surface area contributed by atoms with Crippen LogP contribution in [-0.2, 0) is 9.59 Å². The van der Waals surface area contributed by atoms with Gasteiger partial charge in [0.05, 0.1) is 0 Å². The van der Waals surface area contributed by atoms with Gasteiger partial charge in [0.25, 0.3) is 0 Å². The van der Waals surface area contributed by atoms with E-state index in [0.29, 0.717) is 25.9 Å². The van der Waals surface area contributed by atoms with Crippen molar-refractivity contribution in [3.63, 3.8) is 0 Å². The smallest absolute Gasteiger partial charge is 0.394 e. The van der Waals surface area contributed by atoms with E-state index in [1.165, 1.54) is 4.90 Å². The number of primary amides is 1. The maximum atomic E-state index is 10.8. The lowest BCUT2D eigenvalue weighted by Gasteiger charge is -2.30. The first kappa shape index (κ1) is 11.3. The monoisotopic (exact) mass is 215 g/mol. The highest BCUT2D eigenvalue weighted by Gasteiger charge is 2.24. The van der Waals surface area contributed by atoms with Crippen LogP contribution in [0.2, 0.25) is 0 Å². The number of nitrogens with zero attached hydrogens (tertiary/aromatic N) is 1. The minimum atomic E-state index is -1.49. The Morgan fingerprint density at radius 2 is 1.80 bits per heavy atom. The van der Waals surface area contributed by atoms with Crippen molar-refractivity contribution in [3.05, 3.63) is 0 Å². The third-order valence-electron chi connectivity index (χ3n) is 2.34. The van der Waals surface area contributed by atoms with Crippen LogP contribution in [0.25, 0.3) is 0 Å². The lowest BCUT2D eigenvalue weighted by atomic mass is 10.1. The predicted molar refractivity (Wildman–Crippen MR) is 50.0 cm³/mol. The zero-order valence-corrected chi connectivity index (χ0v) is 8.10. The first-order valence-electron chi connectivity index (χ1n) is 4.59. The summed E-state index contributed by atoms with van der Waals surface area (Å²) in [6, 6.07) is -0.679. The van der Waals surface area contributed by atoms with Crippen molar-refractivity contribution in [3.8, 4) is 0 Å². The quantitative estimate of drug-likeness (QED) is 0.473. The summed E-state index contributed by atoms with van der Waals surface area (Å²) in [4.78, 5) is 33.3. The largest absolute Gasteiger partial charge is 0.474 e. The first-order chi connectivity index (χ1) is 7.00. The van der Waals surface area contributed by atoms with E-state index >= 15 is 0 Å². The first-order valence-corrected chi connectivity index (χ1v) is 4.59. The summed E-state index contributed by atoms with van der Waals surface area (Å²) >= 11 is 0. The molecule has 0 bridgehead atoms. The van der Waals surface area contributed by atoms with E-state index in [2.05, 4.69) is 5.32 Å². The summed E-state index contributed by atoms with van der Waals surface area (Å²) < 4.78 is 0. The van der Waals surface area contributed by atoms with Crippen molar-refractivity contribution in [1.29, 1.82) is 0 Å². The summed E-state index contributed by atoms with van der Waals surface area (Å²) in [5.41, 5.74) is 5.07. The fraction of sp³-hybridized carbons (Fsp3) is 0.625. The van der Waals surface area contributed by atoms with Crippen molar-refractivity contribution in [2.45, 2.75) is 18.9 Å². The molecule has 4 N–H and O–H groups in total. The molecule has 7 nitrogen and oxygen atoms in total. The number of carbonyl (C=O) groups is 3. The van der Waals surface area contributed by atoms with Gasteiger partial charge in [-0.2, -0.15) is 0 Å². The number of carbonyl (C=O) groups excluding carboxylic acids is 2. The van der Waals surface area contributed by atoms with Gasteiger partial charge in [-0.1, -0.05) is 0 Å². The van der Waals surface area contributed by atoms with Crippen LogP contribution in [0.15, 0.2) is 0 Å². The lowest BCUT2D eigenvalue weighted by Crippen LogP contribution is -2.49. The van der Waals surface area contributed by atoms with Crippen LogP contribution in [-0.4, -0.2) is 47.0 Å². The summed E-state index contributed by atoms with van der Waals surface area (Å²) in [6.07, 6.45) is 1.06. The number of nitrogens with one attached hydrogen (secondary N) is 1. The number of rotatable bonds is 1. The van der Waals surface area contributed by atoms with Crippen LogP contribution in [0.3, 0.4) is 0 Å². The Hall–Kier alpha value is -1.79. The van der Waals surface area contributed by atoms with Crippen LogP contribution < -0.4 is 11.1 Å². The van der Waals surface area contributed by atoms with Gasteiger partial charge in [-0.25, -0.2) is 9.59 Å². The molecule has 1 saturated heterocycles. The van der Waals surface area contributed by atoms with Crippen molar-refractivity contribution >= 4 is 17.9 Å². The normalized spacial score (nSPS) is 17.2. The highest BCUT2D eigenvalue weighted by molar-refractivity contribution is 6.31. The average Bonchev–Trinajstić information content (AvgIpc) is 2.18. The SMILES string of the molecule is NC(=O)N1CCC(NC(=O)C(=O)O)CC1. The molecule has 0 aromatic carbocycles. The Balaban J connectivity index is 2.35. The summed E-state index contributed by atoms with van der Waals surface area (Å²) in [7, 11) is 0. The van der Waals surface area contributed by atoms with Gasteiger partial charge in [0.1, 0.15) is 0 Å². The molecule has 0 aromatic heterocycles. The molecule has 1 heterocycles. The molecule has 0 aromatic rings. The number of amides is 3. The Bertz CT molecular complexity index is 284. The zero-order chi connectivity index (χ0) is 11.4. The van der Waals surface area contributed by atoms with E-state index < -0.39 is 17.9 Å². The third kappa shape index (κ3) is 3.12. The molecule has 0 spiro atoms. The van der Waals surface area contributed by atoms with Crippen molar-refractivity contribution in [1.82, 2.24) is 10.2 Å². The molecule has 1 aliphatic heterocycles. The van der Waals surface area contributed by atoms with Gasteiger partial charge in [0.15, 0.2) is 0 Å². The molecule has 1 rings (SSSR count). The molecule has 15 heavy (non-hydrogen) atoms. The van der Waals surface area contributed by atoms with Gasteiger partial charge < -0.3 is 21.1 Å². The van der Waals surface area contributed by atoms with E-state index in [1.807, 2.05) is 0 Å². The molecule has 0 atom stereocenters. The van der Waals surface area contributed by atoms with E-state index in [9.17, 15) is 14.4 Å². The van der Waals surface area contributed by atoms with E-state index in [1.54, 1.807) is 0 Å². The average molecular weight is 215 g/mol. The Labute approximate surface area is 86.2 Å². The molecule has 1 aliphatic rings. The minimum Gasteiger partial charge on any atom is -0.474 e. The Kier molecular flexibility index (Phi) is 3.48. The van der Waals surface area contributed by atoms with E-state index in [0.717, 1.165) is 0 Å². The minimum absolute atomic E-state index is 0.191. The van der Waals surface area contributed by atoms with Gasteiger partial charge in [0.2, 0.25) is 0 Å². The van der Waals surface area contributed by atoms with Crippen molar-refractivity contribution in [2.75, 3.05) is 13.1 Å². The lowest BCUT2D eigenvalue weighted by molar-refractivity contribution is -0.150. The predicted octanol–water partition coefficient (Wildman–Crippen LogP) is -1.27. The second-order valence-electron chi connectivity index (χ2n) is 3.38. The maximum Gasteiger partial charge on any atom is 0.394 e. The highest BCUT2D eigenvalue weighted by Crippen LogP contribution is 2.09. The van der Waals surface area contributed by atoms with Crippen LogP contribution in [0, 0.1) is 0 Å². The maximum absolute atomic E-state index is 10.8. The van der Waals surface area contributed by atoms with Crippen LogP contribution in [0.4, 0.5) is 4.79 Å². The van der Waals surface area contributed by atoms with Gasteiger partial charge in [-0.05, 0) is 12.8 Å². The van der Waals surface area contributed by atoms with Crippen LogP contribution >= 0.6 is 0 Å². The molecule has 84 valence electrons. The molecule has 3 amide bonds. The summed E-state index contributed by atoms with van der Waals surface area (Å²) in [5, 5.41) is 10.7. The van der Waals surface area contributed by atoms with Crippen molar-refractivity contribution in [2.24, 2.45) is 5.73 Å². The third-order valence-corrected chi connectivity index (χ3v) is 2.34. The molecule has 0 saturated carbocycles. The van der Waals surface area contributed by atoms with Gasteiger partial charge in [0, 0.05) is 19.1 Å². The standard InChI is InChI=1S/C8H13N3O4/c9-8(15)11-3-1-5(2-4-11)10-6(12)7(13)14/h5H,1-4H2,(H2,9,15)(H,10,12)(H,13,14). The molecule has 0 aliphatic carbocycles. The van der Waals surface area contributed by atoms with Crippen LogP contribution in [0.1, 0.15) is 12.8 Å². The second kappa shape index (κ2) is 4.63. The number of hydrogen-bond donors (Lipinski definition) is 3. The molecule has 1 fully saturated rings. The Morgan fingerprint density at radius 3 is 2.20 bits per heavy atom. The fourth-order valence-electron chi connectivity index (χ4n) is 1.49. The molecule has 0 unspecified atom stereocenters. The second-order valence-corrected chi connectivity index (χ2v) is 3.38. The van der Waals surface area contributed by atoms with E-state index in [4.69, 9.17) is 10.8 Å². The summed E-state index contributed by atoms with van der Waals surface area (Å²) in [5.74, 6) is -2.50. The number of aliphatic carboxylic acids is 1. The number of likely N-dealkylation sites (tertiary alicyclic amines) is 1. The highest BCUT2D eigenvalue weighted by atomic mass is 16.4. The number of urea groups is 1. The van der Waals surface area contributed by atoms with Gasteiger partial charge in [-0.15, -0.1) is 0 Å². The number of carboxylic acid groups (broad SMARTS) is 1. The van der Waals surface area contributed by atoms with E-state index in [-0.39, 0.29) is 6.04 Å². The fourth-order valence-corrected chi connectivity index (χ4v) is 1.49. The Morgan fingerprint density at radius 1 is 1.27 bits per heavy atom. The summed E-state index contributed by atoms with van der Waals surface area (Å²) in [6.45, 7) is 0.889. The molecular weight excluding hydrogens is 202 g/mol. The number of carboxylic acids is 1. The topological polar surface area (TPSA) is 113 Å². The van der Waals surface area contributed by atoms with Gasteiger partial charge in [-0.3, -0.25) is 4.79 Å². The zero-order valence-electron chi connectivity index (χ0n) is 8.10. The molecular formula is C8H13N3O4. The number of nitrogens with two attached hydrogens (primary N) is 1. The van der Waals surface area contributed by atoms with Crippen LogP contribution in [0.5, 0.6) is 0 Å². The molecule has 7 heteroatoms. The molecule has 0 radical (unpaired) electrons. The number of piperidine rings is 1. The van der Waals surface area contributed by atoms with Gasteiger partial charge >= 0.3 is 17.9 Å². The number of hydrogen-bond acceptors (Lipinski definition) is 3.